The molecule has 3 rings (SSSR count). The summed E-state index contributed by atoms with van der Waals surface area (Å²) in [5.41, 5.74) is 1.05. The van der Waals surface area contributed by atoms with Crippen molar-refractivity contribution in [1.29, 1.82) is 0 Å². The summed E-state index contributed by atoms with van der Waals surface area (Å²) in [6.45, 7) is 0.153. The highest BCUT2D eigenvalue weighted by atomic mass is 19.1. The number of halogens is 1. The van der Waals surface area contributed by atoms with Gasteiger partial charge < -0.3 is 19.4 Å². The summed E-state index contributed by atoms with van der Waals surface area (Å²) in [7, 11) is 3.02. The van der Waals surface area contributed by atoms with Crippen LogP contribution in [0.25, 0.3) is 0 Å². The van der Waals surface area contributed by atoms with Gasteiger partial charge in [0.25, 0.3) is 11.5 Å². The van der Waals surface area contributed by atoms with Crippen molar-refractivity contribution >= 4 is 11.6 Å². The number of carbonyl (C=O) groups is 1. The molecule has 28 heavy (non-hydrogen) atoms. The van der Waals surface area contributed by atoms with Crippen molar-refractivity contribution in [2.24, 2.45) is 0 Å². The molecule has 0 saturated heterocycles. The lowest BCUT2D eigenvalue weighted by atomic mass is 10.2. The largest absolute Gasteiger partial charge is 0.497 e. The number of methoxy groups -OCH3 is 2. The van der Waals surface area contributed by atoms with Gasteiger partial charge in [-0.1, -0.05) is 12.1 Å². The first-order chi connectivity index (χ1) is 13.5. The van der Waals surface area contributed by atoms with Gasteiger partial charge in [0.15, 0.2) is 0 Å². The highest BCUT2D eigenvalue weighted by molar-refractivity contribution is 6.04. The molecule has 0 saturated carbocycles. The number of anilines is 1. The standard InChI is InChI=1S/C21H19FN2O4/c1-27-17-7-8-19(28-2)18(11-17)23-21(26)15-6-9-20(25)24(13-15)12-14-4-3-5-16(22)10-14/h3-11,13H,12H2,1-2H3,(H,23,26). The van der Waals surface area contributed by atoms with Crippen molar-refractivity contribution in [2.75, 3.05) is 19.5 Å². The van der Waals surface area contributed by atoms with Gasteiger partial charge in [-0.2, -0.15) is 0 Å². The van der Waals surface area contributed by atoms with Crippen LogP contribution in [-0.4, -0.2) is 24.7 Å². The van der Waals surface area contributed by atoms with E-state index in [1.807, 2.05) is 0 Å². The van der Waals surface area contributed by atoms with Gasteiger partial charge in [-0.05, 0) is 35.9 Å². The number of amides is 1. The number of aromatic nitrogens is 1. The topological polar surface area (TPSA) is 69.6 Å². The summed E-state index contributed by atoms with van der Waals surface area (Å²) in [6, 6.07) is 13.7. The minimum atomic E-state index is -0.417. The molecule has 0 aliphatic carbocycles. The van der Waals surface area contributed by atoms with E-state index in [4.69, 9.17) is 9.47 Å². The first-order valence-electron chi connectivity index (χ1n) is 8.48. The summed E-state index contributed by atoms with van der Waals surface area (Å²) >= 11 is 0. The van der Waals surface area contributed by atoms with Crippen LogP contribution in [0.4, 0.5) is 10.1 Å². The normalized spacial score (nSPS) is 10.4. The molecule has 6 nitrogen and oxygen atoms in total. The molecule has 3 aromatic rings. The minimum Gasteiger partial charge on any atom is -0.497 e. The fourth-order valence-corrected chi connectivity index (χ4v) is 2.73. The van der Waals surface area contributed by atoms with Crippen LogP contribution in [-0.2, 0) is 6.54 Å². The van der Waals surface area contributed by atoms with Gasteiger partial charge in [0.1, 0.15) is 17.3 Å². The molecule has 0 fully saturated rings. The van der Waals surface area contributed by atoms with Crippen molar-refractivity contribution < 1.29 is 18.7 Å². The third kappa shape index (κ3) is 4.37. The first kappa shape index (κ1) is 19.2. The third-order valence-electron chi connectivity index (χ3n) is 4.14. The fraction of sp³-hybridized carbons (Fsp3) is 0.143. The average molecular weight is 382 g/mol. The molecule has 144 valence electrons. The molecule has 2 aromatic carbocycles. The van der Waals surface area contributed by atoms with Crippen molar-refractivity contribution in [3.8, 4) is 11.5 Å². The van der Waals surface area contributed by atoms with E-state index in [1.54, 1.807) is 30.3 Å². The molecule has 0 atom stereocenters. The van der Waals surface area contributed by atoms with E-state index in [0.29, 0.717) is 22.7 Å². The summed E-state index contributed by atoms with van der Waals surface area (Å²) in [6.07, 6.45) is 1.44. The van der Waals surface area contributed by atoms with Gasteiger partial charge in [-0.3, -0.25) is 9.59 Å². The number of rotatable bonds is 6. The van der Waals surface area contributed by atoms with Gasteiger partial charge in [0.2, 0.25) is 0 Å². The smallest absolute Gasteiger partial charge is 0.257 e. The summed E-state index contributed by atoms with van der Waals surface area (Å²) in [5.74, 6) is 0.235. The highest BCUT2D eigenvalue weighted by Gasteiger charge is 2.12. The van der Waals surface area contributed by atoms with E-state index in [-0.39, 0.29) is 23.5 Å². The maximum atomic E-state index is 13.4. The molecule has 1 N–H and O–H groups in total. The zero-order chi connectivity index (χ0) is 20.1. The Labute approximate surface area is 161 Å². The molecule has 0 radical (unpaired) electrons. The van der Waals surface area contributed by atoms with E-state index in [1.165, 1.54) is 49.2 Å². The number of hydrogen-bond donors (Lipinski definition) is 1. The highest BCUT2D eigenvalue weighted by Crippen LogP contribution is 2.29. The fourth-order valence-electron chi connectivity index (χ4n) is 2.73. The Balaban J connectivity index is 1.86. The number of pyridine rings is 1. The van der Waals surface area contributed by atoms with E-state index < -0.39 is 5.91 Å². The predicted octanol–water partition coefficient (Wildman–Crippen LogP) is 3.31. The van der Waals surface area contributed by atoms with E-state index in [2.05, 4.69) is 5.32 Å². The molecule has 1 amide bonds. The molecular formula is C21H19FN2O4. The lowest BCUT2D eigenvalue weighted by Gasteiger charge is -2.13. The van der Waals surface area contributed by atoms with Gasteiger partial charge in [0.05, 0.1) is 32.0 Å². The Morgan fingerprint density at radius 1 is 1.07 bits per heavy atom. The number of nitrogens with zero attached hydrogens (tertiary/aromatic N) is 1. The molecular weight excluding hydrogens is 363 g/mol. The molecule has 1 heterocycles. The summed E-state index contributed by atoms with van der Waals surface area (Å²) < 4.78 is 25.2. The average Bonchev–Trinajstić information content (AvgIpc) is 2.69. The van der Waals surface area contributed by atoms with Gasteiger partial charge >= 0.3 is 0 Å². The van der Waals surface area contributed by atoms with Crippen molar-refractivity contribution in [3.63, 3.8) is 0 Å². The number of benzene rings is 2. The molecule has 0 aliphatic heterocycles. The molecule has 0 bridgehead atoms. The van der Waals surface area contributed by atoms with Gasteiger partial charge in [-0.15, -0.1) is 0 Å². The Morgan fingerprint density at radius 3 is 2.61 bits per heavy atom. The van der Waals surface area contributed by atoms with Crippen molar-refractivity contribution in [3.05, 3.63) is 88.1 Å². The number of hydrogen-bond acceptors (Lipinski definition) is 4. The third-order valence-corrected chi connectivity index (χ3v) is 4.14. The molecule has 0 aliphatic rings. The summed E-state index contributed by atoms with van der Waals surface area (Å²) in [5, 5.41) is 2.75. The van der Waals surface area contributed by atoms with E-state index >= 15 is 0 Å². The second-order valence-corrected chi connectivity index (χ2v) is 6.03. The zero-order valence-corrected chi connectivity index (χ0v) is 15.4. The van der Waals surface area contributed by atoms with Crippen LogP contribution in [0.2, 0.25) is 0 Å². The quantitative estimate of drug-likeness (QED) is 0.710. The van der Waals surface area contributed by atoms with Crippen molar-refractivity contribution in [2.45, 2.75) is 6.54 Å². The summed E-state index contributed by atoms with van der Waals surface area (Å²) in [4.78, 5) is 24.8. The monoisotopic (exact) mass is 382 g/mol. The van der Waals surface area contributed by atoms with Crippen LogP contribution in [0.1, 0.15) is 15.9 Å². The van der Waals surface area contributed by atoms with Crippen molar-refractivity contribution in [1.82, 2.24) is 4.57 Å². The lowest BCUT2D eigenvalue weighted by molar-refractivity contribution is 0.102. The van der Waals surface area contributed by atoms with Crippen LogP contribution in [0.15, 0.2) is 65.6 Å². The predicted molar refractivity (Wildman–Crippen MR) is 104 cm³/mol. The second kappa shape index (κ2) is 8.39. The Kier molecular flexibility index (Phi) is 5.74. The Morgan fingerprint density at radius 2 is 1.89 bits per heavy atom. The molecule has 1 aromatic heterocycles. The Hall–Kier alpha value is -3.61. The lowest BCUT2D eigenvalue weighted by Crippen LogP contribution is -2.22. The van der Waals surface area contributed by atoms with Crippen LogP contribution >= 0.6 is 0 Å². The molecule has 0 spiro atoms. The van der Waals surface area contributed by atoms with E-state index in [0.717, 1.165) is 0 Å². The van der Waals surface area contributed by atoms with Gasteiger partial charge in [-0.25, -0.2) is 4.39 Å². The van der Waals surface area contributed by atoms with Crippen LogP contribution in [0.5, 0.6) is 11.5 Å². The van der Waals surface area contributed by atoms with Crippen LogP contribution in [0.3, 0.4) is 0 Å². The second-order valence-electron chi connectivity index (χ2n) is 6.03. The first-order valence-corrected chi connectivity index (χ1v) is 8.48. The van der Waals surface area contributed by atoms with E-state index in [9.17, 15) is 14.0 Å². The SMILES string of the molecule is COc1ccc(OC)c(NC(=O)c2ccc(=O)n(Cc3cccc(F)c3)c2)c1. The maximum Gasteiger partial charge on any atom is 0.257 e. The van der Waals surface area contributed by atoms with Crippen LogP contribution in [0, 0.1) is 5.82 Å². The maximum absolute atomic E-state index is 13.4. The minimum absolute atomic E-state index is 0.153. The number of nitrogens with one attached hydrogen (secondary N) is 1. The molecule has 7 heteroatoms. The van der Waals surface area contributed by atoms with Gasteiger partial charge in [0, 0.05) is 18.3 Å². The number of ether oxygens (including phenoxy) is 2. The number of carbonyl (C=O) groups excluding carboxylic acids is 1. The van der Waals surface area contributed by atoms with Crippen LogP contribution < -0.4 is 20.3 Å². The molecule has 0 unspecified atom stereocenters. The zero-order valence-electron chi connectivity index (χ0n) is 15.4. The Bertz CT molecular complexity index is 1060.